The average Bonchev–Trinajstić information content (AvgIpc) is 3.31. The third kappa shape index (κ3) is 3.07. The minimum absolute atomic E-state index is 0.247. The smallest absolute Gasteiger partial charge is 0.266 e. The Morgan fingerprint density at radius 3 is 2.19 bits per heavy atom. The molecule has 0 N–H and O–H groups in total. The molecule has 2 amide bonds. The van der Waals surface area contributed by atoms with Crippen LogP contribution >= 0.6 is 0 Å². The molecular weight excluding hydrogens is 392 g/mol. The fourth-order valence-corrected chi connectivity index (χ4v) is 4.41. The molecule has 2 aliphatic rings. The number of hydroxylamine groups is 1. The van der Waals surface area contributed by atoms with Crippen molar-refractivity contribution in [3.05, 3.63) is 90.0 Å². The van der Waals surface area contributed by atoms with E-state index >= 15 is 0 Å². The van der Waals surface area contributed by atoms with Gasteiger partial charge in [-0.1, -0.05) is 48.5 Å². The van der Waals surface area contributed by atoms with Crippen molar-refractivity contribution in [2.75, 3.05) is 17.1 Å². The number of hydrogen-bond acceptors (Lipinski definition) is 5. The van der Waals surface area contributed by atoms with Crippen LogP contribution in [0.3, 0.4) is 0 Å². The first-order valence-electron chi connectivity index (χ1n) is 10.2. The van der Waals surface area contributed by atoms with Crippen LogP contribution in [0.25, 0.3) is 0 Å². The largest absolute Gasteiger partial charge is 0.497 e. The number of anilines is 2. The number of carbonyl (C=O) groups excluding carboxylic acids is 2. The van der Waals surface area contributed by atoms with Crippen molar-refractivity contribution >= 4 is 23.2 Å². The van der Waals surface area contributed by atoms with E-state index in [1.165, 1.54) is 4.90 Å². The van der Waals surface area contributed by atoms with Crippen molar-refractivity contribution in [3.8, 4) is 5.75 Å². The van der Waals surface area contributed by atoms with Gasteiger partial charge in [-0.25, -0.2) is 9.96 Å². The lowest BCUT2D eigenvalue weighted by Crippen LogP contribution is -2.37. The number of imide groups is 1. The van der Waals surface area contributed by atoms with Gasteiger partial charge < -0.3 is 4.74 Å². The Balaban J connectivity index is 1.59. The third-order valence-electron chi connectivity index (χ3n) is 5.94. The summed E-state index contributed by atoms with van der Waals surface area (Å²) in [6.07, 6.45) is -0.876. The van der Waals surface area contributed by atoms with Crippen LogP contribution in [0.4, 0.5) is 11.4 Å². The van der Waals surface area contributed by atoms with E-state index in [1.54, 1.807) is 18.2 Å². The topological polar surface area (TPSA) is 59.1 Å². The highest BCUT2D eigenvalue weighted by atomic mass is 16.7. The predicted octanol–water partition coefficient (Wildman–Crippen LogP) is 4.05. The minimum atomic E-state index is -0.876. The molecule has 3 aromatic rings. The highest BCUT2D eigenvalue weighted by Gasteiger charge is 2.60. The maximum Gasteiger partial charge on any atom is 0.266 e. The average molecular weight is 414 g/mol. The van der Waals surface area contributed by atoms with Crippen LogP contribution in [0, 0.1) is 12.8 Å². The number of rotatable bonds is 4. The molecule has 0 bridgehead atoms. The molecule has 0 aromatic heterocycles. The Morgan fingerprint density at radius 2 is 1.52 bits per heavy atom. The molecule has 0 aliphatic carbocycles. The lowest BCUT2D eigenvalue weighted by molar-refractivity contribution is -0.126. The molecule has 3 atom stereocenters. The molecule has 2 fully saturated rings. The molecule has 2 heterocycles. The van der Waals surface area contributed by atoms with Crippen molar-refractivity contribution in [2.24, 2.45) is 5.92 Å². The second-order valence-corrected chi connectivity index (χ2v) is 7.73. The summed E-state index contributed by atoms with van der Waals surface area (Å²) in [5.74, 6) is -0.508. The summed E-state index contributed by atoms with van der Waals surface area (Å²) in [5, 5.41) is 1.70. The maximum atomic E-state index is 13.6. The van der Waals surface area contributed by atoms with Gasteiger partial charge in [-0.05, 0) is 48.4 Å². The van der Waals surface area contributed by atoms with Crippen molar-refractivity contribution in [2.45, 2.75) is 19.1 Å². The molecule has 156 valence electrons. The van der Waals surface area contributed by atoms with Gasteiger partial charge in [-0.3, -0.25) is 14.4 Å². The summed E-state index contributed by atoms with van der Waals surface area (Å²) in [6.45, 7) is 1.89. The SMILES string of the molecule is COc1ccc([C@@H]2[C@H]3C(=O)N(c4ccccc4C)C(=O)[C@@H]3ON2c2ccccc2)cc1. The minimum Gasteiger partial charge on any atom is -0.497 e. The highest BCUT2D eigenvalue weighted by Crippen LogP contribution is 2.48. The second kappa shape index (κ2) is 7.56. The monoisotopic (exact) mass is 414 g/mol. The molecule has 3 aromatic carbocycles. The van der Waals surface area contributed by atoms with E-state index in [1.807, 2.05) is 79.7 Å². The van der Waals surface area contributed by atoms with E-state index in [-0.39, 0.29) is 11.8 Å². The first-order valence-corrected chi connectivity index (χ1v) is 10.2. The molecule has 2 saturated heterocycles. The van der Waals surface area contributed by atoms with Crippen molar-refractivity contribution < 1.29 is 19.2 Å². The van der Waals surface area contributed by atoms with E-state index in [0.717, 1.165) is 22.6 Å². The summed E-state index contributed by atoms with van der Waals surface area (Å²) in [7, 11) is 1.61. The zero-order chi connectivity index (χ0) is 21.5. The van der Waals surface area contributed by atoms with Crippen LogP contribution in [0.15, 0.2) is 78.9 Å². The van der Waals surface area contributed by atoms with Crippen LogP contribution in [0.2, 0.25) is 0 Å². The summed E-state index contributed by atoms with van der Waals surface area (Å²) in [4.78, 5) is 34.4. The number of aryl methyl sites for hydroxylation is 1. The molecule has 6 nitrogen and oxygen atoms in total. The molecule has 31 heavy (non-hydrogen) atoms. The fourth-order valence-electron chi connectivity index (χ4n) is 4.41. The number of nitrogens with zero attached hydrogens (tertiary/aromatic N) is 2. The first-order chi connectivity index (χ1) is 15.1. The highest BCUT2D eigenvalue weighted by molar-refractivity contribution is 6.24. The van der Waals surface area contributed by atoms with Gasteiger partial charge in [-0.15, -0.1) is 0 Å². The van der Waals surface area contributed by atoms with Crippen molar-refractivity contribution in [1.29, 1.82) is 0 Å². The number of hydrogen-bond donors (Lipinski definition) is 0. The van der Waals surface area contributed by atoms with E-state index < -0.39 is 18.1 Å². The van der Waals surface area contributed by atoms with Gasteiger partial charge in [0.15, 0.2) is 6.10 Å². The van der Waals surface area contributed by atoms with Gasteiger partial charge in [-0.2, -0.15) is 0 Å². The molecule has 2 aliphatic heterocycles. The van der Waals surface area contributed by atoms with Crippen LogP contribution < -0.4 is 14.7 Å². The molecule has 0 unspecified atom stereocenters. The van der Waals surface area contributed by atoms with Crippen molar-refractivity contribution in [3.63, 3.8) is 0 Å². The second-order valence-electron chi connectivity index (χ2n) is 7.73. The Morgan fingerprint density at radius 1 is 0.839 bits per heavy atom. The number of ether oxygens (including phenoxy) is 1. The molecule has 5 rings (SSSR count). The quantitative estimate of drug-likeness (QED) is 0.603. The lowest BCUT2D eigenvalue weighted by Gasteiger charge is -2.29. The van der Waals surface area contributed by atoms with Gasteiger partial charge >= 0.3 is 0 Å². The van der Waals surface area contributed by atoms with E-state index in [4.69, 9.17) is 9.57 Å². The Hall–Kier alpha value is -3.64. The summed E-state index contributed by atoms with van der Waals surface area (Å²) in [5.41, 5.74) is 3.14. The van der Waals surface area contributed by atoms with Gasteiger partial charge in [0.1, 0.15) is 11.7 Å². The van der Waals surface area contributed by atoms with Crippen LogP contribution in [-0.2, 0) is 14.4 Å². The van der Waals surface area contributed by atoms with E-state index in [0.29, 0.717) is 5.69 Å². The van der Waals surface area contributed by atoms with Gasteiger partial charge in [0.2, 0.25) is 5.91 Å². The maximum absolute atomic E-state index is 13.6. The third-order valence-corrected chi connectivity index (χ3v) is 5.94. The zero-order valence-corrected chi connectivity index (χ0v) is 17.3. The van der Waals surface area contributed by atoms with Gasteiger partial charge in [0.25, 0.3) is 5.91 Å². The molecule has 0 saturated carbocycles. The summed E-state index contributed by atoms with van der Waals surface area (Å²) < 4.78 is 5.28. The molecule has 0 spiro atoms. The number of benzene rings is 3. The number of carbonyl (C=O) groups is 2. The van der Waals surface area contributed by atoms with Crippen LogP contribution in [-0.4, -0.2) is 25.0 Å². The van der Waals surface area contributed by atoms with E-state index in [9.17, 15) is 9.59 Å². The van der Waals surface area contributed by atoms with Crippen LogP contribution in [0.5, 0.6) is 5.75 Å². The van der Waals surface area contributed by atoms with Crippen LogP contribution in [0.1, 0.15) is 17.2 Å². The van der Waals surface area contributed by atoms with Crippen molar-refractivity contribution in [1.82, 2.24) is 0 Å². The standard InChI is InChI=1S/C25H22N2O4/c1-16-8-6-7-11-20(16)26-24(28)21-22(17-12-14-19(30-2)15-13-17)27(31-23(21)25(26)29)18-9-4-3-5-10-18/h3-15,21-23H,1-2H3/t21-,22-,23-/m1/s1. The summed E-state index contributed by atoms with van der Waals surface area (Å²) >= 11 is 0. The number of methoxy groups -OCH3 is 1. The zero-order valence-electron chi connectivity index (χ0n) is 17.3. The number of fused-ring (bicyclic) bond motifs is 1. The summed E-state index contributed by atoms with van der Waals surface area (Å²) in [6, 6.07) is 24.0. The predicted molar refractivity (Wildman–Crippen MR) is 117 cm³/mol. The lowest BCUT2D eigenvalue weighted by atomic mass is 9.90. The number of amides is 2. The molecule has 6 heteroatoms. The van der Waals surface area contributed by atoms with Gasteiger partial charge in [0, 0.05) is 0 Å². The van der Waals surface area contributed by atoms with E-state index in [2.05, 4.69) is 0 Å². The Labute approximate surface area is 180 Å². The Bertz CT molecular complexity index is 1130. The first kappa shape index (κ1) is 19.3. The normalized spacial score (nSPS) is 22.7. The Kier molecular flexibility index (Phi) is 4.71. The van der Waals surface area contributed by atoms with Gasteiger partial charge in [0.05, 0.1) is 24.5 Å². The molecule has 0 radical (unpaired) electrons. The fraction of sp³-hybridized carbons (Fsp3) is 0.200. The number of para-hydroxylation sites is 2. The molecular formula is C25H22N2O4.